The zero-order valence-corrected chi connectivity index (χ0v) is 5.15. The second-order valence-electron chi connectivity index (χ2n) is 1.42. The molecule has 0 saturated carbocycles. The van der Waals surface area contributed by atoms with E-state index in [4.69, 9.17) is 0 Å². The van der Waals surface area contributed by atoms with Crippen LogP contribution in [-0.4, -0.2) is 20.8 Å². The van der Waals surface area contributed by atoms with E-state index in [1.165, 1.54) is 0 Å². The topological polar surface area (TPSA) is 80.1 Å². The van der Waals surface area contributed by atoms with E-state index < -0.39 is 10.0 Å². The van der Waals surface area contributed by atoms with E-state index in [0.717, 1.165) is 0 Å². The molecule has 5 heteroatoms. The third-order valence-electron chi connectivity index (χ3n) is 0.573. The maximum atomic E-state index is 10.0. The van der Waals surface area contributed by atoms with Crippen molar-refractivity contribution in [2.45, 2.75) is 6.42 Å². The Bertz CT molecular complexity index is 139. The quantitative estimate of drug-likeness (QED) is 0.548. The van der Waals surface area contributed by atoms with E-state index in [1.807, 2.05) is 0 Å². The molecule has 8 heavy (non-hydrogen) atoms. The van der Waals surface area contributed by atoms with E-state index in [-0.39, 0.29) is 18.8 Å². The Kier molecular flexibility index (Phi) is 2.96. The van der Waals surface area contributed by atoms with Crippen LogP contribution in [-0.2, 0) is 15.1 Å². The Morgan fingerprint density at radius 1 is 1.38 bits per heavy atom. The molecule has 0 aromatic carbocycles. The van der Waals surface area contributed by atoms with Crippen LogP contribution >= 0.6 is 0 Å². The normalized spacial score (nSPS) is 11.8. The highest BCUT2D eigenvalue weighted by atomic mass is 32.2. The molecule has 0 heterocycles. The van der Waals surface area contributed by atoms with E-state index in [0.29, 0.717) is 0 Å². The number of primary sulfonamides is 1. The summed E-state index contributed by atoms with van der Waals surface area (Å²) in [4.78, 5) is 0. The lowest BCUT2D eigenvalue weighted by Crippen LogP contribution is -2.16. The smallest absolute Gasteiger partial charge is 0.209 e. The molecule has 2 N–H and O–H groups in total. The van der Waals surface area contributed by atoms with Crippen molar-refractivity contribution in [3.8, 4) is 0 Å². The van der Waals surface area contributed by atoms with Gasteiger partial charge in [-0.3, -0.25) is 0 Å². The summed E-state index contributed by atoms with van der Waals surface area (Å²) in [7, 11) is -3.39. The molecule has 1 radical (unpaired) electrons. The summed E-state index contributed by atoms with van der Waals surface area (Å²) in [5.74, 6) is -0.198. The molecule has 0 atom stereocenters. The zero-order chi connectivity index (χ0) is 6.62. The van der Waals surface area contributed by atoms with Crippen molar-refractivity contribution in [2.24, 2.45) is 5.14 Å². The number of hydrogen-bond acceptors (Lipinski definition) is 2. The Balaban J connectivity index is 3.42. The first kappa shape index (κ1) is 7.87. The largest absolute Gasteiger partial charge is 0.237 e. The number of sulfonamides is 1. The molecule has 0 aliphatic heterocycles. The molecule has 0 saturated heterocycles. The highest BCUT2D eigenvalue weighted by Gasteiger charge is 1.99. The average molecular weight is 138 g/mol. The van der Waals surface area contributed by atoms with Crippen LogP contribution in [0.4, 0.5) is 0 Å². The van der Waals surface area contributed by atoms with Gasteiger partial charge in [-0.15, -0.1) is 0 Å². The van der Waals surface area contributed by atoms with Gasteiger partial charge in [-0.2, -0.15) is 0 Å². The van der Waals surface area contributed by atoms with Gasteiger partial charge in [-0.05, 0) is 6.42 Å². The second-order valence-corrected chi connectivity index (χ2v) is 3.16. The first-order valence-electron chi connectivity index (χ1n) is 2.15. The molecule has 0 amide bonds. The lowest BCUT2D eigenvalue weighted by Gasteiger charge is -1.89. The van der Waals surface area contributed by atoms with Gasteiger partial charge < -0.3 is 0 Å². The summed E-state index contributed by atoms with van der Waals surface area (Å²) in [5.41, 5.74) is 0. The Morgan fingerprint density at radius 2 is 1.88 bits per heavy atom. The Hall–Kier alpha value is -0.130. The number of hydrogen-bond donors (Lipinski definition) is 1. The minimum absolute atomic E-state index is 0.110. The van der Waals surface area contributed by atoms with Crippen LogP contribution in [0.25, 0.3) is 0 Å². The standard InChI is InChI=1S/C3H8NO3S/c4-8(6,7)3-1-2-5/h1-3H2,(H2,4,6,7). The fourth-order valence-electron chi connectivity index (χ4n) is 0.260. The highest BCUT2D eigenvalue weighted by molar-refractivity contribution is 7.89. The van der Waals surface area contributed by atoms with E-state index >= 15 is 0 Å². The van der Waals surface area contributed by atoms with Crippen molar-refractivity contribution in [3.63, 3.8) is 0 Å². The number of rotatable bonds is 3. The lowest BCUT2D eigenvalue weighted by atomic mass is 10.5. The maximum absolute atomic E-state index is 10.0. The second kappa shape index (κ2) is 3.01. The molecular formula is C3H8NO3S. The van der Waals surface area contributed by atoms with Crippen molar-refractivity contribution in [3.05, 3.63) is 0 Å². The summed E-state index contributed by atoms with van der Waals surface area (Å²) in [5, 5.41) is 14.2. The van der Waals surface area contributed by atoms with Gasteiger partial charge in [0.15, 0.2) is 0 Å². The van der Waals surface area contributed by atoms with Crippen LogP contribution in [0.3, 0.4) is 0 Å². The van der Waals surface area contributed by atoms with Crippen molar-refractivity contribution in [2.75, 3.05) is 12.4 Å². The summed E-state index contributed by atoms with van der Waals surface area (Å²) >= 11 is 0. The summed E-state index contributed by atoms with van der Waals surface area (Å²) < 4.78 is 20.1. The molecule has 0 rings (SSSR count). The van der Waals surface area contributed by atoms with Gasteiger partial charge in [0.2, 0.25) is 10.0 Å². The third kappa shape index (κ3) is 5.87. The molecular weight excluding hydrogens is 130 g/mol. The average Bonchev–Trinajstić information content (AvgIpc) is 1.59. The van der Waals surface area contributed by atoms with Crippen LogP contribution in [0.5, 0.6) is 0 Å². The monoisotopic (exact) mass is 138 g/mol. The SMILES string of the molecule is NS(=O)(=O)CCC[O]. The van der Waals surface area contributed by atoms with Crippen LogP contribution < -0.4 is 5.14 Å². The minimum Gasteiger partial charge on any atom is -0.237 e. The van der Waals surface area contributed by atoms with Gasteiger partial charge in [0.1, 0.15) is 0 Å². The van der Waals surface area contributed by atoms with Crippen molar-refractivity contribution < 1.29 is 13.5 Å². The van der Waals surface area contributed by atoms with Gasteiger partial charge in [-0.1, -0.05) is 0 Å². The van der Waals surface area contributed by atoms with Crippen LogP contribution in [0.1, 0.15) is 6.42 Å². The van der Waals surface area contributed by atoms with Gasteiger partial charge in [0, 0.05) is 0 Å². The molecule has 49 valence electrons. The first-order valence-corrected chi connectivity index (χ1v) is 3.86. The molecule has 0 unspecified atom stereocenters. The molecule has 0 spiro atoms. The van der Waals surface area contributed by atoms with Gasteiger partial charge in [0.05, 0.1) is 12.4 Å². The lowest BCUT2D eigenvalue weighted by molar-refractivity contribution is 0.194. The Morgan fingerprint density at radius 3 is 2.00 bits per heavy atom. The third-order valence-corrected chi connectivity index (χ3v) is 1.43. The van der Waals surface area contributed by atoms with Crippen molar-refractivity contribution in [1.82, 2.24) is 0 Å². The fraction of sp³-hybridized carbons (Fsp3) is 1.00. The summed E-state index contributed by atoms with van der Waals surface area (Å²) in [6.07, 6.45) is 0.110. The molecule has 0 aromatic heterocycles. The minimum atomic E-state index is -3.39. The summed E-state index contributed by atoms with van der Waals surface area (Å²) in [6.45, 7) is -0.379. The van der Waals surface area contributed by atoms with Crippen molar-refractivity contribution in [1.29, 1.82) is 0 Å². The van der Waals surface area contributed by atoms with E-state index in [2.05, 4.69) is 5.14 Å². The molecule has 0 aliphatic rings. The highest BCUT2D eigenvalue weighted by Crippen LogP contribution is 1.81. The molecule has 4 nitrogen and oxygen atoms in total. The maximum Gasteiger partial charge on any atom is 0.209 e. The predicted octanol–water partition coefficient (Wildman–Crippen LogP) is -0.904. The van der Waals surface area contributed by atoms with Gasteiger partial charge in [0.25, 0.3) is 0 Å². The molecule has 0 fully saturated rings. The summed E-state index contributed by atoms with van der Waals surface area (Å²) in [6, 6.07) is 0. The molecule has 0 bridgehead atoms. The van der Waals surface area contributed by atoms with Gasteiger partial charge in [-0.25, -0.2) is 18.7 Å². The van der Waals surface area contributed by atoms with Crippen LogP contribution in [0.2, 0.25) is 0 Å². The van der Waals surface area contributed by atoms with Crippen LogP contribution in [0.15, 0.2) is 0 Å². The Labute approximate surface area is 48.4 Å². The zero-order valence-electron chi connectivity index (χ0n) is 4.33. The van der Waals surface area contributed by atoms with E-state index in [1.54, 1.807) is 0 Å². The van der Waals surface area contributed by atoms with Crippen LogP contribution in [0, 0.1) is 0 Å². The first-order chi connectivity index (χ1) is 3.56. The fourth-order valence-corrected chi connectivity index (χ4v) is 0.780. The number of nitrogens with two attached hydrogens (primary N) is 1. The molecule has 0 aromatic rings. The predicted molar refractivity (Wildman–Crippen MR) is 28.1 cm³/mol. The molecule has 0 aliphatic carbocycles. The van der Waals surface area contributed by atoms with E-state index in [9.17, 15) is 13.5 Å². The van der Waals surface area contributed by atoms with Crippen molar-refractivity contribution >= 4 is 10.0 Å². The van der Waals surface area contributed by atoms with Gasteiger partial charge >= 0.3 is 0 Å².